The zero-order valence-electron chi connectivity index (χ0n) is 16.5. The van der Waals surface area contributed by atoms with E-state index in [0.29, 0.717) is 29.5 Å². The van der Waals surface area contributed by atoms with Gasteiger partial charge in [0.05, 0.1) is 6.61 Å². The first-order chi connectivity index (χ1) is 12.9. The monoisotopic (exact) mass is 389 g/mol. The minimum Gasteiger partial charge on any atom is -0.453 e. The van der Waals surface area contributed by atoms with Crippen molar-refractivity contribution in [2.45, 2.75) is 46.6 Å². The summed E-state index contributed by atoms with van der Waals surface area (Å²) >= 11 is 1.51. The Bertz CT molecular complexity index is 849. The number of aryl methyl sites for hydroxylation is 2. The zero-order chi connectivity index (χ0) is 19.6. The maximum absolute atomic E-state index is 12.6. The number of hydrogen-bond acceptors (Lipinski definition) is 5. The van der Waals surface area contributed by atoms with E-state index >= 15 is 0 Å². The van der Waals surface area contributed by atoms with E-state index < -0.39 is 5.97 Å². The van der Waals surface area contributed by atoms with Crippen molar-refractivity contribution >= 4 is 23.1 Å². The molecule has 0 N–H and O–H groups in total. The van der Waals surface area contributed by atoms with Crippen molar-refractivity contribution in [3.05, 3.63) is 44.4 Å². The number of hydrogen-bond donors (Lipinski definition) is 0. The molecule has 0 bridgehead atoms. The summed E-state index contributed by atoms with van der Waals surface area (Å²) in [6.45, 7) is 7.16. The van der Waals surface area contributed by atoms with Crippen molar-refractivity contribution in [2.24, 2.45) is 5.92 Å². The average Bonchev–Trinajstić information content (AvgIpc) is 3.18. The smallest absolute Gasteiger partial charge is 0.348 e. The molecule has 0 fully saturated rings. The number of carbonyl (C=O) groups excluding carboxylic acids is 2. The molecule has 27 heavy (non-hydrogen) atoms. The largest absolute Gasteiger partial charge is 0.453 e. The van der Waals surface area contributed by atoms with Gasteiger partial charge in [-0.2, -0.15) is 0 Å². The van der Waals surface area contributed by atoms with E-state index in [1.54, 1.807) is 7.11 Å². The number of esters is 1. The van der Waals surface area contributed by atoms with Gasteiger partial charge in [-0.05, 0) is 56.7 Å². The highest BCUT2D eigenvalue weighted by molar-refractivity contribution is 7.14. The van der Waals surface area contributed by atoms with Crippen LogP contribution in [0.15, 0.2) is 12.1 Å². The number of carbonyl (C=O) groups is 2. The lowest BCUT2D eigenvalue weighted by molar-refractivity contribution is 0.0479. The van der Waals surface area contributed by atoms with Crippen molar-refractivity contribution in [2.75, 3.05) is 20.3 Å². The van der Waals surface area contributed by atoms with Crippen LogP contribution >= 0.6 is 11.3 Å². The van der Waals surface area contributed by atoms with Gasteiger partial charge in [0.1, 0.15) is 4.88 Å². The summed E-state index contributed by atoms with van der Waals surface area (Å²) in [7, 11) is 1.66. The molecule has 146 valence electrons. The molecule has 1 aliphatic rings. The predicted molar refractivity (Wildman–Crippen MR) is 106 cm³/mol. The Morgan fingerprint density at radius 2 is 2.07 bits per heavy atom. The highest BCUT2D eigenvalue weighted by atomic mass is 32.1. The van der Waals surface area contributed by atoms with Crippen LogP contribution in [0.3, 0.4) is 0 Å². The van der Waals surface area contributed by atoms with E-state index in [9.17, 15) is 9.59 Å². The molecule has 1 aliphatic carbocycles. The van der Waals surface area contributed by atoms with Gasteiger partial charge >= 0.3 is 5.97 Å². The van der Waals surface area contributed by atoms with Gasteiger partial charge in [-0.3, -0.25) is 4.79 Å². The van der Waals surface area contributed by atoms with Crippen LogP contribution in [-0.4, -0.2) is 36.6 Å². The van der Waals surface area contributed by atoms with Crippen molar-refractivity contribution < 1.29 is 19.1 Å². The minimum atomic E-state index is -0.399. The maximum Gasteiger partial charge on any atom is 0.348 e. The molecule has 0 radical (unpaired) electrons. The summed E-state index contributed by atoms with van der Waals surface area (Å²) < 4.78 is 12.5. The molecular formula is C21H27NO4S. The van der Waals surface area contributed by atoms with E-state index in [1.165, 1.54) is 28.2 Å². The number of aromatic nitrogens is 1. The molecule has 5 nitrogen and oxygen atoms in total. The fourth-order valence-electron chi connectivity index (χ4n) is 3.70. The SMILES string of the molecule is COCCn1c(C)cc(C(=O)COC(=O)c2cc3c(s2)CC[C@H](C)C3)c1C. The Morgan fingerprint density at radius 1 is 1.30 bits per heavy atom. The van der Waals surface area contributed by atoms with E-state index in [0.717, 1.165) is 24.2 Å². The Kier molecular flexibility index (Phi) is 6.17. The van der Waals surface area contributed by atoms with Crippen LogP contribution in [0.25, 0.3) is 0 Å². The van der Waals surface area contributed by atoms with Gasteiger partial charge in [0, 0.05) is 35.5 Å². The zero-order valence-corrected chi connectivity index (χ0v) is 17.3. The second-order valence-corrected chi connectivity index (χ2v) is 8.47. The highest BCUT2D eigenvalue weighted by Gasteiger charge is 2.22. The van der Waals surface area contributed by atoms with Crippen LogP contribution in [0.2, 0.25) is 0 Å². The number of Topliss-reactive ketones (excluding diaryl/α,β-unsaturated/α-hetero) is 1. The predicted octanol–water partition coefficient (Wildman–Crippen LogP) is 3.98. The summed E-state index contributed by atoms with van der Waals surface area (Å²) in [6.07, 6.45) is 3.21. The standard InChI is InChI=1S/C21H27NO4S/c1-13-5-6-19-16(9-13)11-20(27-19)21(24)26-12-18(23)17-10-14(2)22(15(17)3)7-8-25-4/h10-11,13H,5-9,12H2,1-4H3/t13-/m0/s1. The van der Waals surface area contributed by atoms with Crippen LogP contribution in [-0.2, 0) is 28.9 Å². The third-order valence-corrected chi connectivity index (χ3v) is 6.47. The Morgan fingerprint density at radius 3 is 2.81 bits per heavy atom. The Hall–Kier alpha value is -1.92. The molecule has 0 saturated heterocycles. The molecule has 0 aromatic carbocycles. The quantitative estimate of drug-likeness (QED) is 0.531. The molecule has 0 unspecified atom stereocenters. The second-order valence-electron chi connectivity index (χ2n) is 7.34. The Labute approximate surface area is 164 Å². The molecule has 3 rings (SSSR count). The number of rotatable bonds is 7. The summed E-state index contributed by atoms with van der Waals surface area (Å²) in [6, 6.07) is 3.80. The lowest BCUT2D eigenvalue weighted by atomic mass is 9.90. The number of thiophene rings is 1. The van der Waals surface area contributed by atoms with Crippen molar-refractivity contribution in [3.63, 3.8) is 0 Å². The van der Waals surface area contributed by atoms with E-state index in [4.69, 9.17) is 9.47 Å². The van der Waals surface area contributed by atoms with Crippen molar-refractivity contribution in [1.29, 1.82) is 0 Å². The average molecular weight is 390 g/mol. The van der Waals surface area contributed by atoms with E-state index in [2.05, 4.69) is 6.92 Å². The van der Waals surface area contributed by atoms with Crippen LogP contribution in [0.5, 0.6) is 0 Å². The fourth-order valence-corrected chi connectivity index (χ4v) is 4.80. The summed E-state index contributed by atoms with van der Waals surface area (Å²) in [4.78, 5) is 26.8. The third-order valence-electron chi connectivity index (χ3n) is 5.26. The molecule has 0 saturated carbocycles. The minimum absolute atomic E-state index is 0.171. The van der Waals surface area contributed by atoms with Crippen molar-refractivity contribution in [1.82, 2.24) is 4.57 Å². The fraction of sp³-hybridized carbons (Fsp3) is 0.524. The van der Waals surface area contributed by atoms with Gasteiger partial charge in [0.25, 0.3) is 0 Å². The summed E-state index contributed by atoms with van der Waals surface area (Å²) in [5.74, 6) is 0.0876. The van der Waals surface area contributed by atoms with Crippen LogP contribution in [0, 0.1) is 19.8 Å². The summed E-state index contributed by atoms with van der Waals surface area (Å²) in [5, 5.41) is 0. The third kappa shape index (κ3) is 4.33. The van der Waals surface area contributed by atoms with Crippen LogP contribution in [0.4, 0.5) is 0 Å². The first kappa shape index (κ1) is 19.8. The molecule has 2 aromatic heterocycles. The lowest BCUT2D eigenvalue weighted by Gasteiger charge is -2.16. The second kappa shape index (κ2) is 8.40. The van der Waals surface area contributed by atoms with Gasteiger partial charge < -0.3 is 14.0 Å². The number of nitrogens with zero attached hydrogens (tertiary/aromatic N) is 1. The first-order valence-corrected chi connectivity index (χ1v) is 10.2. The molecule has 2 aromatic rings. The van der Waals surface area contributed by atoms with Gasteiger partial charge in [0.2, 0.25) is 5.78 Å². The number of methoxy groups -OCH3 is 1. The molecule has 0 aliphatic heterocycles. The molecule has 0 amide bonds. The maximum atomic E-state index is 12.6. The number of ether oxygens (including phenoxy) is 2. The van der Waals surface area contributed by atoms with E-state index in [-0.39, 0.29) is 12.4 Å². The topological polar surface area (TPSA) is 57.5 Å². The number of ketones is 1. The normalized spacial score (nSPS) is 16.2. The molecule has 0 spiro atoms. The van der Waals surface area contributed by atoms with Crippen molar-refractivity contribution in [3.8, 4) is 0 Å². The Balaban J connectivity index is 1.63. The molecule has 6 heteroatoms. The first-order valence-electron chi connectivity index (χ1n) is 9.38. The molecule has 1 atom stereocenters. The lowest BCUT2D eigenvalue weighted by Crippen LogP contribution is -2.15. The van der Waals surface area contributed by atoms with Crippen LogP contribution in [0.1, 0.15) is 55.2 Å². The summed E-state index contributed by atoms with van der Waals surface area (Å²) in [5.41, 5.74) is 3.75. The molecule has 2 heterocycles. The highest BCUT2D eigenvalue weighted by Crippen LogP contribution is 2.32. The van der Waals surface area contributed by atoms with Gasteiger partial charge in [-0.15, -0.1) is 11.3 Å². The van der Waals surface area contributed by atoms with Gasteiger partial charge in [0.15, 0.2) is 6.61 Å². The number of fused-ring (bicyclic) bond motifs is 1. The van der Waals surface area contributed by atoms with E-state index in [1.807, 2.05) is 30.5 Å². The van der Waals surface area contributed by atoms with Gasteiger partial charge in [-0.1, -0.05) is 6.92 Å². The van der Waals surface area contributed by atoms with Crippen LogP contribution < -0.4 is 0 Å². The van der Waals surface area contributed by atoms with Gasteiger partial charge in [-0.25, -0.2) is 4.79 Å². The molecular weight excluding hydrogens is 362 g/mol.